The fourth-order valence-corrected chi connectivity index (χ4v) is 3.20. The molecule has 5 heteroatoms. The van der Waals surface area contributed by atoms with Crippen LogP contribution in [0, 0.1) is 13.8 Å². The fourth-order valence-electron chi connectivity index (χ4n) is 2.60. The number of rotatable bonds is 3. The van der Waals surface area contributed by atoms with Crippen LogP contribution in [0.2, 0.25) is 0 Å². The molecule has 0 atom stereocenters. The van der Waals surface area contributed by atoms with Crippen molar-refractivity contribution in [3.05, 3.63) is 51.6 Å². The first-order valence-electron chi connectivity index (χ1n) is 6.68. The van der Waals surface area contributed by atoms with Crippen molar-refractivity contribution in [1.29, 1.82) is 0 Å². The maximum absolute atomic E-state index is 11.8. The predicted molar refractivity (Wildman–Crippen MR) is 84.0 cm³/mol. The van der Waals surface area contributed by atoms with E-state index in [1.807, 2.05) is 32.2 Å². The Labute approximate surface area is 127 Å². The van der Waals surface area contributed by atoms with E-state index >= 15 is 0 Å². The lowest BCUT2D eigenvalue weighted by Gasteiger charge is -2.09. The molecule has 4 nitrogen and oxygen atoms in total. The van der Waals surface area contributed by atoms with E-state index in [-0.39, 0.29) is 5.97 Å². The quantitative estimate of drug-likeness (QED) is 0.695. The summed E-state index contributed by atoms with van der Waals surface area (Å²) in [5, 5.41) is 4.25. The van der Waals surface area contributed by atoms with Crippen molar-refractivity contribution >= 4 is 28.2 Å². The van der Waals surface area contributed by atoms with Gasteiger partial charge in [0.25, 0.3) is 0 Å². The Balaban J connectivity index is 2.09. The van der Waals surface area contributed by atoms with Crippen molar-refractivity contribution in [3.8, 4) is 0 Å². The molecule has 0 aliphatic heterocycles. The molecule has 21 heavy (non-hydrogen) atoms. The lowest BCUT2D eigenvalue weighted by Crippen LogP contribution is -2.06. The Morgan fingerprint density at radius 1 is 1.33 bits per heavy atom. The highest BCUT2D eigenvalue weighted by Gasteiger charge is 2.14. The third kappa shape index (κ3) is 2.45. The first-order chi connectivity index (χ1) is 10.1. The molecule has 0 aliphatic carbocycles. The number of methoxy groups -OCH3 is 1. The summed E-state index contributed by atoms with van der Waals surface area (Å²) < 4.78 is 6.98. The molecule has 2 heterocycles. The lowest BCUT2D eigenvalue weighted by atomic mass is 10.1. The van der Waals surface area contributed by atoms with Crippen molar-refractivity contribution in [2.24, 2.45) is 0 Å². The summed E-state index contributed by atoms with van der Waals surface area (Å²) in [5.41, 5.74) is 3.65. The van der Waals surface area contributed by atoms with Crippen LogP contribution in [-0.4, -0.2) is 22.6 Å². The summed E-state index contributed by atoms with van der Waals surface area (Å²) in [7, 11) is 1.41. The van der Waals surface area contributed by atoms with Gasteiger partial charge in [-0.25, -0.2) is 9.78 Å². The standard InChI is InChI=1S/C16H16N2O2S/c1-10-14(16(19)20-3)5-4-12-6-7-18(15(10)12)8-13-9-21-11(2)17-13/h4-7,9H,8H2,1-3H3. The van der Waals surface area contributed by atoms with Crippen LogP contribution < -0.4 is 0 Å². The van der Waals surface area contributed by atoms with E-state index in [4.69, 9.17) is 4.74 Å². The van der Waals surface area contributed by atoms with E-state index in [1.165, 1.54) is 7.11 Å². The van der Waals surface area contributed by atoms with Gasteiger partial charge in [0, 0.05) is 11.6 Å². The number of aromatic nitrogens is 2. The van der Waals surface area contributed by atoms with E-state index in [2.05, 4.69) is 21.0 Å². The number of hydrogen-bond acceptors (Lipinski definition) is 4. The summed E-state index contributed by atoms with van der Waals surface area (Å²) in [6.45, 7) is 4.67. The predicted octanol–water partition coefficient (Wildman–Crippen LogP) is 3.55. The second kappa shape index (κ2) is 5.33. The van der Waals surface area contributed by atoms with Gasteiger partial charge in [0.05, 0.1) is 35.4 Å². The van der Waals surface area contributed by atoms with Gasteiger partial charge in [-0.3, -0.25) is 0 Å². The molecule has 3 rings (SSSR count). The molecule has 0 fully saturated rings. The molecule has 1 aromatic carbocycles. The van der Waals surface area contributed by atoms with Gasteiger partial charge in [0.1, 0.15) is 0 Å². The minimum Gasteiger partial charge on any atom is -0.465 e. The van der Waals surface area contributed by atoms with Crippen molar-refractivity contribution < 1.29 is 9.53 Å². The van der Waals surface area contributed by atoms with Gasteiger partial charge in [-0.1, -0.05) is 6.07 Å². The SMILES string of the molecule is COC(=O)c1ccc2ccn(Cc3csc(C)n3)c2c1C. The molecule has 0 N–H and O–H groups in total. The van der Waals surface area contributed by atoms with Gasteiger partial charge in [-0.05, 0) is 36.9 Å². The van der Waals surface area contributed by atoms with Crippen LogP contribution in [-0.2, 0) is 11.3 Å². The van der Waals surface area contributed by atoms with Crippen LogP contribution in [0.1, 0.15) is 26.6 Å². The van der Waals surface area contributed by atoms with Crippen LogP contribution in [0.25, 0.3) is 10.9 Å². The smallest absolute Gasteiger partial charge is 0.338 e. The molecule has 2 aromatic heterocycles. The molecular weight excluding hydrogens is 284 g/mol. The first kappa shape index (κ1) is 13.8. The largest absolute Gasteiger partial charge is 0.465 e. The number of hydrogen-bond donors (Lipinski definition) is 0. The number of carbonyl (C=O) groups is 1. The molecule has 0 bridgehead atoms. The van der Waals surface area contributed by atoms with Gasteiger partial charge < -0.3 is 9.30 Å². The highest BCUT2D eigenvalue weighted by Crippen LogP contribution is 2.25. The number of esters is 1. The molecule has 0 radical (unpaired) electrons. The minimum absolute atomic E-state index is 0.299. The second-order valence-electron chi connectivity index (χ2n) is 4.97. The summed E-state index contributed by atoms with van der Waals surface area (Å²) >= 11 is 1.65. The van der Waals surface area contributed by atoms with Gasteiger partial charge in [0.15, 0.2) is 0 Å². The summed E-state index contributed by atoms with van der Waals surface area (Å²) in [6, 6.07) is 5.83. The van der Waals surface area contributed by atoms with Crippen LogP contribution in [0.3, 0.4) is 0 Å². The molecule has 0 saturated carbocycles. The number of fused-ring (bicyclic) bond motifs is 1. The lowest BCUT2D eigenvalue weighted by molar-refractivity contribution is 0.0600. The highest BCUT2D eigenvalue weighted by molar-refractivity contribution is 7.09. The van der Waals surface area contributed by atoms with E-state index in [0.29, 0.717) is 12.1 Å². The maximum atomic E-state index is 11.8. The number of ether oxygens (including phenoxy) is 1. The zero-order valence-electron chi connectivity index (χ0n) is 12.2. The molecule has 0 unspecified atom stereocenters. The van der Waals surface area contributed by atoms with E-state index in [1.54, 1.807) is 11.3 Å². The normalized spacial score (nSPS) is 11.0. The van der Waals surface area contributed by atoms with Gasteiger partial charge in [0.2, 0.25) is 0 Å². The van der Waals surface area contributed by atoms with Crippen molar-refractivity contribution in [2.75, 3.05) is 7.11 Å². The summed E-state index contributed by atoms with van der Waals surface area (Å²) in [6.07, 6.45) is 2.04. The number of carbonyl (C=O) groups excluding carboxylic acids is 1. The fraction of sp³-hybridized carbons (Fsp3) is 0.250. The number of aryl methyl sites for hydroxylation is 2. The van der Waals surface area contributed by atoms with E-state index in [0.717, 1.165) is 27.2 Å². The monoisotopic (exact) mass is 300 g/mol. The summed E-state index contributed by atoms with van der Waals surface area (Å²) in [5.74, 6) is -0.299. The highest BCUT2D eigenvalue weighted by atomic mass is 32.1. The molecule has 0 saturated heterocycles. The third-order valence-corrected chi connectivity index (χ3v) is 4.41. The van der Waals surface area contributed by atoms with Crippen LogP contribution >= 0.6 is 11.3 Å². The Morgan fingerprint density at radius 2 is 2.14 bits per heavy atom. The molecular formula is C16H16N2O2S. The van der Waals surface area contributed by atoms with Crippen molar-refractivity contribution in [1.82, 2.24) is 9.55 Å². The maximum Gasteiger partial charge on any atom is 0.338 e. The molecule has 108 valence electrons. The Kier molecular flexibility index (Phi) is 3.51. The Morgan fingerprint density at radius 3 is 2.81 bits per heavy atom. The molecule has 0 amide bonds. The number of thiazole rings is 1. The molecule has 3 aromatic rings. The molecule has 0 aliphatic rings. The zero-order chi connectivity index (χ0) is 15.0. The van der Waals surface area contributed by atoms with E-state index in [9.17, 15) is 4.79 Å². The van der Waals surface area contributed by atoms with E-state index < -0.39 is 0 Å². The van der Waals surface area contributed by atoms with Crippen LogP contribution in [0.4, 0.5) is 0 Å². The summed E-state index contributed by atoms with van der Waals surface area (Å²) in [4.78, 5) is 16.3. The van der Waals surface area contributed by atoms with Crippen LogP contribution in [0.5, 0.6) is 0 Å². The third-order valence-electron chi connectivity index (χ3n) is 3.59. The zero-order valence-corrected chi connectivity index (χ0v) is 13.0. The van der Waals surface area contributed by atoms with Crippen molar-refractivity contribution in [2.45, 2.75) is 20.4 Å². The van der Waals surface area contributed by atoms with Gasteiger partial charge in [-0.2, -0.15) is 0 Å². The van der Waals surface area contributed by atoms with Gasteiger partial charge in [-0.15, -0.1) is 11.3 Å². The second-order valence-corrected chi connectivity index (χ2v) is 6.03. The van der Waals surface area contributed by atoms with Crippen LogP contribution in [0.15, 0.2) is 29.8 Å². The Bertz CT molecular complexity index is 817. The Hall–Kier alpha value is -2.14. The van der Waals surface area contributed by atoms with Gasteiger partial charge >= 0.3 is 5.97 Å². The average molecular weight is 300 g/mol. The minimum atomic E-state index is -0.299. The number of benzene rings is 1. The number of nitrogens with zero attached hydrogens (tertiary/aromatic N) is 2. The topological polar surface area (TPSA) is 44.1 Å². The molecule has 0 spiro atoms. The average Bonchev–Trinajstić information content (AvgIpc) is 3.06. The first-order valence-corrected chi connectivity index (χ1v) is 7.56. The van der Waals surface area contributed by atoms with Crippen molar-refractivity contribution in [3.63, 3.8) is 0 Å².